The molecule has 0 atom stereocenters. The molecule has 1 aliphatic rings. The molecule has 11 heteroatoms. The highest BCUT2D eigenvalue weighted by Gasteiger charge is 2.22. The van der Waals surface area contributed by atoms with Crippen LogP contribution in [0.4, 0.5) is 0 Å². The van der Waals surface area contributed by atoms with Gasteiger partial charge in [-0.25, -0.2) is 22.9 Å². The molecule has 0 aliphatic heterocycles. The van der Waals surface area contributed by atoms with E-state index in [4.69, 9.17) is 9.47 Å². The summed E-state index contributed by atoms with van der Waals surface area (Å²) in [5, 5.41) is 2.79. The lowest BCUT2D eigenvalue weighted by Crippen LogP contribution is -2.31. The molecule has 0 spiro atoms. The summed E-state index contributed by atoms with van der Waals surface area (Å²) in [6.07, 6.45) is 6.35. The van der Waals surface area contributed by atoms with E-state index in [0.29, 0.717) is 13.0 Å². The number of ether oxygens (including phenoxy) is 2. The zero-order valence-electron chi connectivity index (χ0n) is 22.1. The van der Waals surface area contributed by atoms with E-state index in [0.717, 1.165) is 49.6 Å². The van der Waals surface area contributed by atoms with Crippen molar-refractivity contribution in [3.05, 3.63) is 89.2 Å². The van der Waals surface area contributed by atoms with Crippen LogP contribution in [0, 0.1) is 0 Å². The predicted molar refractivity (Wildman–Crippen MR) is 147 cm³/mol. The Kier molecular flexibility index (Phi) is 9.49. The number of aromatic nitrogens is 1. The number of esters is 1. The first-order valence-electron chi connectivity index (χ1n) is 13.0. The van der Waals surface area contributed by atoms with Gasteiger partial charge in [0.1, 0.15) is 17.5 Å². The van der Waals surface area contributed by atoms with Crippen LogP contribution in [0.1, 0.15) is 68.9 Å². The minimum atomic E-state index is -4.22. The van der Waals surface area contributed by atoms with Crippen molar-refractivity contribution in [3.8, 4) is 5.75 Å². The van der Waals surface area contributed by atoms with Gasteiger partial charge in [-0.2, -0.15) is 0 Å². The van der Waals surface area contributed by atoms with E-state index in [-0.39, 0.29) is 33.7 Å². The Bertz CT molecular complexity index is 1450. The number of amides is 2. The molecule has 1 aromatic heterocycles. The molecule has 0 saturated heterocycles. The molecule has 4 rings (SSSR count). The predicted octanol–water partition coefficient (Wildman–Crippen LogP) is 3.67. The second-order valence-electron chi connectivity index (χ2n) is 9.37. The Morgan fingerprint density at radius 2 is 1.60 bits per heavy atom. The first-order valence-corrected chi connectivity index (χ1v) is 14.5. The van der Waals surface area contributed by atoms with Gasteiger partial charge in [-0.05, 0) is 80.1 Å². The fourth-order valence-electron chi connectivity index (χ4n) is 4.39. The van der Waals surface area contributed by atoms with Gasteiger partial charge in [0.05, 0.1) is 17.6 Å². The quantitative estimate of drug-likeness (QED) is 0.355. The molecule has 0 radical (unpaired) electrons. The fraction of sp³-hybridized carbons (Fsp3) is 0.310. The second-order valence-corrected chi connectivity index (χ2v) is 11.1. The van der Waals surface area contributed by atoms with Crippen molar-refractivity contribution >= 4 is 27.8 Å². The van der Waals surface area contributed by atoms with Crippen LogP contribution < -0.4 is 14.8 Å². The first kappa shape index (κ1) is 28.8. The number of nitrogens with one attached hydrogen (secondary N) is 2. The fourth-order valence-corrected chi connectivity index (χ4v) is 5.37. The smallest absolute Gasteiger partial charge is 0.357 e. The van der Waals surface area contributed by atoms with Crippen LogP contribution in [0.3, 0.4) is 0 Å². The van der Waals surface area contributed by atoms with E-state index in [9.17, 15) is 22.8 Å². The highest BCUT2D eigenvalue weighted by Crippen LogP contribution is 2.21. The number of benzene rings is 2. The molecule has 2 aromatic carbocycles. The average Bonchev–Trinajstić information content (AvgIpc) is 2.97. The van der Waals surface area contributed by atoms with Crippen LogP contribution in [-0.4, -0.2) is 50.9 Å². The van der Waals surface area contributed by atoms with Crippen molar-refractivity contribution in [2.45, 2.75) is 49.5 Å². The maximum Gasteiger partial charge on any atom is 0.357 e. The van der Waals surface area contributed by atoms with Crippen LogP contribution in [0.25, 0.3) is 0 Å². The largest absolute Gasteiger partial charge is 0.496 e. The number of rotatable bonds is 10. The zero-order valence-corrected chi connectivity index (χ0v) is 22.9. The third kappa shape index (κ3) is 7.44. The number of para-hydroxylation sites is 1. The molecule has 2 amide bonds. The summed E-state index contributed by atoms with van der Waals surface area (Å²) in [4.78, 5) is 41.2. The number of carbonyl (C=O) groups is 3. The van der Waals surface area contributed by atoms with Gasteiger partial charge in [0, 0.05) is 18.3 Å². The van der Waals surface area contributed by atoms with Gasteiger partial charge in [0.15, 0.2) is 0 Å². The summed E-state index contributed by atoms with van der Waals surface area (Å²) < 4.78 is 38.2. The number of nitrogens with zero attached hydrogens (tertiary/aromatic N) is 1. The average molecular weight is 566 g/mol. The van der Waals surface area contributed by atoms with Crippen molar-refractivity contribution in [2.75, 3.05) is 13.7 Å². The number of methoxy groups -OCH3 is 1. The number of carbonyl (C=O) groups excluding carboxylic acids is 3. The standard InChI is InChI=1S/C29H31N3O7S/c1-38-26-10-6-5-7-20(26)17-18-30-27(33)21-11-14-24(15-12-21)40(36,37)32-28(34)22-13-16-25(31-19-22)29(35)39-23-8-3-2-4-9-23/h5-7,10-16,19,23H,2-4,8-9,17-18H2,1H3,(H,30,33)(H,32,34). The van der Waals surface area contributed by atoms with Crippen LogP contribution >= 0.6 is 0 Å². The molecule has 40 heavy (non-hydrogen) atoms. The highest BCUT2D eigenvalue weighted by molar-refractivity contribution is 7.90. The Hall–Kier alpha value is -4.25. The van der Waals surface area contributed by atoms with E-state index in [1.165, 1.54) is 36.4 Å². The molecular weight excluding hydrogens is 534 g/mol. The Morgan fingerprint density at radius 1 is 0.900 bits per heavy atom. The van der Waals surface area contributed by atoms with Crippen molar-refractivity contribution in [2.24, 2.45) is 0 Å². The number of hydrogen-bond donors (Lipinski definition) is 2. The van der Waals surface area contributed by atoms with E-state index in [1.54, 1.807) is 7.11 Å². The van der Waals surface area contributed by atoms with Gasteiger partial charge in [-0.1, -0.05) is 24.6 Å². The van der Waals surface area contributed by atoms with E-state index < -0.39 is 21.9 Å². The minimum Gasteiger partial charge on any atom is -0.496 e. The van der Waals surface area contributed by atoms with Gasteiger partial charge in [0.25, 0.3) is 21.8 Å². The van der Waals surface area contributed by atoms with Crippen LogP contribution in [-0.2, 0) is 21.2 Å². The lowest BCUT2D eigenvalue weighted by atomic mass is 9.98. The molecule has 1 fully saturated rings. The first-order chi connectivity index (χ1) is 19.3. The maximum atomic E-state index is 12.7. The zero-order chi connectivity index (χ0) is 28.5. The summed E-state index contributed by atoms with van der Waals surface area (Å²) in [6, 6.07) is 15.4. The summed E-state index contributed by atoms with van der Waals surface area (Å²) in [6.45, 7) is 0.362. The molecular formula is C29H31N3O7S. The monoisotopic (exact) mass is 565 g/mol. The van der Waals surface area contributed by atoms with E-state index in [1.807, 2.05) is 29.0 Å². The summed E-state index contributed by atoms with van der Waals surface area (Å²) >= 11 is 0. The number of sulfonamides is 1. The van der Waals surface area contributed by atoms with E-state index >= 15 is 0 Å². The molecule has 2 N–H and O–H groups in total. The molecule has 1 aliphatic carbocycles. The van der Waals surface area contributed by atoms with Gasteiger partial charge in [-0.15, -0.1) is 0 Å². The molecule has 1 saturated carbocycles. The lowest BCUT2D eigenvalue weighted by Gasteiger charge is -2.21. The SMILES string of the molecule is COc1ccccc1CCNC(=O)c1ccc(S(=O)(=O)NC(=O)c2ccc(C(=O)OC3CCCCC3)nc2)cc1. The van der Waals surface area contributed by atoms with Gasteiger partial charge >= 0.3 is 5.97 Å². The number of hydrogen-bond acceptors (Lipinski definition) is 8. The van der Waals surface area contributed by atoms with Crippen molar-refractivity contribution in [3.63, 3.8) is 0 Å². The molecule has 10 nitrogen and oxygen atoms in total. The molecule has 0 bridgehead atoms. The minimum absolute atomic E-state index is 0.0381. The normalized spacial score (nSPS) is 13.7. The number of pyridine rings is 1. The van der Waals surface area contributed by atoms with Gasteiger partial charge < -0.3 is 14.8 Å². The molecule has 3 aromatic rings. The highest BCUT2D eigenvalue weighted by atomic mass is 32.2. The lowest BCUT2D eigenvalue weighted by molar-refractivity contribution is 0.0204. The van der Waals surface area contributed by atoms with Crippen LogP contribution in [0.2, 0.25) is 0 Å². The van der Waals surface area contributed by atoms with Gasteiger partial charge in [-0.3, -0.25) is 9.59 Å². The second kappa shape index (κ2) is 13.2. The summed E-state index contributed by atoms with van der Waals surface area (Å²) in [7, 11) is -2.64. The summed E-state index contributed by atoms with van der Waals surface area (Å²) in [5.74, 6) is -1.11. The third-order valence-electron chi connectivity index (χ3n) is 6.59. The van der Waals surface area contributed by atoms with Crippen molar-refractivity contribution in [1.29, 1.82) is 0 Å². The van der Waals surface area contributed by atoms with E-state index in [2.05, 4.69) is 10.3 Å². The van der Waals surface area contributed by atoms with Crippen LogP contribution in [0.15, 0.2) is 71.8 Å². The van der Waals surface area contributed by atoms with Crippen LogP contribution in [0.5, 0.6) is 5.75 Å². The van der Waals surface area contributed by atoms with Crippen molar-refractivity contribution < 1.29 is 32.3 Å². The Morgan fingerprint density at radius 3 is 2.27 bits per heavy atom. The van der Waals surface area contributed by atoms with Gasteiger partial charge in [0.2, 0.25) is 0 Å². The Balaban J connectivity index is 1.30. The van der Waals surface area contributed by atoms with Crippen molar-refractivity contribution in [1.82, 2.24) is 15.0 Å². The topological polar surface area (TPSA) is 141 Å². The molecule has 0 unspecified atom stereocenters. The third-order valence-corrected chi connectivity index (χ3v) is 7.93. The Labute approximate surface area is 233 Å². The maximum absolute atomic E-state index is 12.7. The molecule has 210 valence electrons. The summed E-state index contributed by atoms with van der Waals surface area (Å²) in [5.41, 5.74) is 1.22. The molecule has 1 heterocycles.